The van der Waals surface area contributed by atoms with Gasteiger partial charge in [0.15, 0.2) is 0 Å². The van der Waals surface area contributed by atoms with E-state index >= 15 is 0 Å². The second-order valence-electron chi connectivity index (χ2n) is 4.70. The van der Waals surface area contributed by atoms with Crippen LogP contribution in [0.5, 0.6) is 0 Å². The minimum atomic E-state index is -3.45. The molecule has 0 heterocycles. The van der Waals surface area contributed by atoms with Gasteiger partial charge >= 0.3 is 0 Å². The molecule has 0 aromatic heterocycles. The van der Waals surface area contributed by atoms with Crippen molar-refractivity contribution in [1.29, 1.82) is 0 Å². The molecule has 0 radical (unpaired) electrons. The van der Waals surface area contributed by atoms with Crippen molar-refractivity contribution in [2.45, 2.75) is 32.6 Å². The second-order valence-corrected chi connectivity index (χ2v) is 6.47. The van der Waals surface area contributed by atoms with Crippen LogP contribution >= 0.6 is 0 Å². The summed E-state index contributed by atoms with van der Waals surface area (Å²) >= 11 is 0. The van der Waals surface area contributed by atoms with Crippen molar-refractivity contribution in [2.75, 3.05) is 12.3 Å². The highest BCUT2D eigenvalue weighted by Crippen LogP contribution is 2.21. The Labute approximate surface area is 103 Å². The molecule has 0 spiro atoms. The quantitative estimate of drug-likeness (QED) is 0.807. The molecular formula is C12H20N2O2S. The Morgan fingerprint density at radius 2 is 1.88 bits per heavy atom. The summed E-state index contributed by atoms with van der Waals surface area (Å²) in [5, 5.41) is 0. The van der Waals surface area contributed by atoms with Crippen molar-refractivity contribution < 1.29 is 8.42 Å². The fourth-order valence-corrected chi connectivity index (χ4v) is 2.70. The van der Waals surface area contributed by atoms with E-state index in [1.54, 1.807) is 6.07 Å². The Bertz CT molecular complexity index is 484. The molecule has 1 aromatic carbocycles. The van der Waals surface area contributed by atoms with Gasteiger partial charge in [-0.05, 0) is 43.0 Å². The standard InChI is InChI=1S/C12H20N2O2S/c1-8(2)7-14-17(15,16)11-5-9(3)10(4)12(13)6-11/h5-6,8,14H,7,13H2,1-4H3. The lowest BCUT2D eigenvalue weighted by atomic mass is 10.1. The maximum absolute atomic E-state index is 12.0. The number of hydrogen-bond donors (Lipinski definition) is 2. The van der Waals surface area contributed by atoms with Crippen LogP contribution in [0.2, 0.25) is 0 Å². The number of nitrogens with two attached hydrogens (primary N) is 1. The second kappa shape index (κ2) is 5.06. The van der Waals surface area contributed by atoms with Crippen LogP contribution in [0.3, 0.4) is 0 Å². The molecule has 0 unspecified atom stereocenters. The van der Waals surface area contributed by atoms with E-state index in [1.165, 1.54) is 6.07 Å². The Morgan fingerprint density at radius 1 is 1.29 bits per heavy atom. The number of nitrogen functional groups attached to an aromatic ring is 1. The maximum Gasteiger partial charge on any atom is 0.240 e. The van der Waals surface area contributed by atoms with E-state index in [2.05, 4.69) is 4.72 Å². The third-order valence-corrected chi connectivity index (χ3v) is 4.08. The lowest BCUT2D eigenvalue weighted by molar-refractivity contribution is 0.560. The first kappa shape index (κ1) is 14.0. The van der Waals surface area contributed by atoms with Gasteiger partial charge in [-0.25, -0.2) is 13.1 Å². The number of sulfonamides is 1. The molecule has 0 aliphatic rings. The van der Waals surface area contributed by atoms with Crippen LogP contribution in [0.4, 0.5) is 5.69 Å². The molecule has 3 N–H and O–H groups in total. The molecule has 0 fully saturated rings. The number of hydrogen-bond acceptors (Lipinski definition) is 3. The van der Waals surface area contributed by atoms with Crippen molar-refractivity contribution in [2.24, 2.45) is 5.92 Å². The summed E-state index contributed by atoms with van der Waals surface area (Å²) in [5.74, 6) is 0.272. The average molecular weight is 256 g/mol. The summed E-state index contributed by atoms with van der Waals surface area (Å²) in [6, 6.07) is 3.15. The number of nitrogens with one attached hydrogen (secondary N) is 1. The number of anilines is 1. The topological polar surface area (TPSA) is 72.2 Å². The van der Waals surface area contributed by atoms with E-state index in [4.69, 9.17) is 5.73 Å². The van der Waals surface area contributed by atoms with Crippen molar-refractivity contribution in [1.82, 2.24) is 4.72 Å². The van der Waals surface area contributed by atoms with Crippen molar-refractivity contribution in [3.8, 4) is 0 Å². The first-order chi connectivity index (χ1) is 7.74. The molecule has 0 aliphatic heterocycles. The van der Waals surface area contributed by atoms with Crippen molar-refractivity contribution >= 4 is 15.7 Å². The molecule has 0 saturated heterocycles. The number of aryl methyl sites for hydroxylation is 1. The minimum absolute atomic E-state index is 0.235. The molecule has 0 bridgehead atoms. The largest absolute Gasteiger partial charge is 0.398 e. The van der Waals surface area contributed by atoms with E-state index in [0.717, 1.165) is 11.1 Å². The number of benzene rings is 1. The monoisotopic (exact) mass is 256 g/mol. The summed E-state index contributed by atoms with van der Waals surface area (Å²) in [4.78, 5) is 0.235. The molecule has 4 nitrogen and oxygen atoms in total. The summed E-state index contributed by atoms with van der Waals surface area (Å²) in [6.07, 6.45) is 0. The van der Waals surface area contributed by atoms with Gasteiger partial charge in [-0.1, -0.05) is 13.8 Å². The molecule has 1 rings (SSSR count). The first-order valence-electron chi connectivity index (χ1n) is 5.60. The SMILES string of the molecule is Cc1cc(S(=O)(=O)NCC(C)C)cc(N)c1C. The molecule has 0 atom stereocenters. The molecule has 0 saturated carbocycles. The van der Waals surface area contributed by atoms with E-state index in [-0.39, 0.29) is 10.8 Å². The smallest absolute Gasteiger partial charge is 0.240 e. The van der Waals surface area contributed by atoms with E-state index in [1.807, 2.05) is 27.7 Å². The Morgan fingerprint density at radius 3 is 2.35 bits per heavy atom. The van der Waals surface area contributed by atoms with Gasteiger partial charge in [-0.2, -0.15) is 0 Å². The summed E-state index contributed by atoms with van der Waals surface area (Å²) in [7, 11) is -3.45. The van der Waals surface area contributed by atoms with Gasteiger partial charge in [-0.15, -0.1) is 0 Å². The van der Waals surface area contributed by atoms with Crippen LogP contribution in [-0.4, -0.2) is 15.0 Å². The van der Waals surface area contributed by atoms with Crippen LogP contribution in [0.25, 0.3) is 0 Å². The van der Waals surface area contributed by atoms with Gasteiger partial charge in [0, 0.05) is 12.2 Å². The predicted molar refractivity (Wildman–Crippen MR) is 70.4 cm³/mol. The Balaban J connectivity index is 3.08. The fourth-order valence-electron chi connectivity index (χ4n) is 1.37. The Hall–Kier alpha value is -1.07. The lowest BCUT2D eigenvalue weighted by Gasteiger charge is -2.12. The minimum Gasteiger partial charge on any atom is -0.398 e. The van der Waals surface area contributed by atoms with Crippen LogP contribution in [-0.2, 0) is 10.0 Å². The zero-order valence-electron chi connectivity index (χ0n) is 10.7. The number of rotatable bonds is 4. The third-order valence-electron chi connectivity index (χ3n) is 2.67. The lowest BCUT2D eigenvalue weighted by Crippen LogP contribution is -2.27. The highest BCUT2D eigenvalue weighted by atomic mass is 32.2. The van der Waals surface area contributed by atoms with Crippen molar-refractivity contribution in [3.63, 3.8) is 0 Å². The van der Waals surface area contributed by atoms with Gasteiger partial charge in [0.2, 0.25) is 10.0 Å². The highest BCUT2D eigenvalue weighted by Gasteiger charge is 2.16. The molecule has 1 aromatic rings. The third kappa shape index (κ3) is 3.44. The van der Waals surface area contributed by atoms with Gasteiger partial charge in [0.05, 0.1) is 4.90 Å². The van der Waals surface area contributed by atoms with Crippen LogP contribution < -0.4 is 10.5 Å². The van der Waals surface area contributed by atoms with E-state index in [9.17, 15) is 8.42 Å². The molecule has 0 aliphatic carbocycles. The van der Waals surface area contributed by atoms with E-state index in [0.29, 0.717) is 12.2 Å². The molecule has 17 heavy (non-hydrogen) atoms. The summed E-state index contributed by atoms with van der Waals surface area (Å²) < 4.78 is 26.5. The molecule has 5 heteroatoms. The highest BCUT2D eigenvalue weighted by molar-refractivity contribution is 7.89. The van der Waals surface area contributed by atoms with Crippen molar-refractivity contribution in [3.05, 3.63) is 23.3 Å². The average Bonchev–Trinajstić information content (AvgIpc) is 2.22. The van der Waals surface area contributed by atoms with Gasteiger partial charge < -0.3 is 5.73 Å². The predicted octanol–water partition coefficient (Wildman–Crippen LogP) is 1.82. The van der Waals surface area contributed by atoms with Crippen LogP contribution in [0.1, 0.15) is 25.0 Å². The first-order valence-corrected chi connectivity index (χ1v) is 7.08. The zero-order valence-corrected chi connectivity index (χ0v) is 11.6. The zero-order chi connectivity index (χ0) is 13.2. The molecule has 0 amide bonds. The molecule has 96 valence electrons. The van der Waals surface area contributed by atoms with E-state index < -0.39 is 10.0 Å². The molecular weight excluding hydrogens is 236 g/mol. The maximum atomic E-state index is 12.0. The van der Waals surface area contributed by atoms with Crippen LogP contribution in [0.15, 0.2) is 17.0 Å². The Kier molecular flexibility index (Phi) is 4.16. The summed E-state index contributed by atoms with van der Waals surface area (Å²) in [6.45, 7) is 8.07. The van der Waals surface area contributed by atoms with Crippen LogP contribution in [0, 0.1) is 19.8 Å². The normalized spacial score (nSPS) is 12.1. The van der Waals surface area contributed by atoms with Gasteiger partial charge in [0.1, 0.15) is 0 Å². The van der Waals surface area contributed by atoms with Gasteiger partial charge in [-0.3, -0.25) is 0 Å². The fraction of sp³-hybridized carbons (Fsp3) is 0.500. The van der Waals surface area contributed by atoms with Gasteiger partial charge in [0.25, 0.3) is 0 Å². The summed E-state index contributed by atoms with van der Waals surface area (Å²) in [5.41, 5.74) is 8.10.